The van der Waals surface area contributed by atoms with E-state index in [-0.39, 0.29) is 25.1 Å². The first-order valence-corrected chi connectivity index (χ1v) is 8.78. The van der Waals surface area contributed by atoms with E-state index in [4.69, 9.17) is 9.31 Å². The van der Waals surface area contributed by atoms with E-state index in [9.17, 15) is 4.79 Å². The van der Waals surface area contributed by atoms with Crippen LogP contribution in [-0.2, 0) is 15.6 Å². The molecule has 2 unspecified atom stereocenters. The molecular formula is C19H25BO3. The molecule has 4 heteroatoms. The summed E-state index contributed by atoms with van der Waals surface area (Å²) in [6.45, 7) is 8.39. The average Bonchev–Trinajstić information content (AvgIpc) is 2.90. The summed E-state index contributed by atoms with van der Waals surface area (Å²) in [5, 5.41) is 0. The largest absolute Gasteiger partial charge is 0.462 e. The van der Waals surface area contributed by atoms with Gasteiger partial charge in [-0.15, -0.1) is 0 Å². The van der Waals surface area contributed by atoms with Crippen LogP contribution in [-0.4, -0.2) is 25.1 Å². The monoisotopic (exact) mass is 312 g/mol. The lowest BCUT2D eigenvalue weighted by atomic mass is 9.47. The molecule has 4 aliphatic rings. The molecule has 1 aromatic carbocycles. The van der Waals surface area contributed by atoms with Crippen molar-refractivity contribution in [3.05, 3.63) is 34.9 Å². The highest BCUT2D eigenvalue weighted by Crippen LogP contribution is 2.61. The molecule has 1 aromatic rings. The van der Waals surface area contributed by atoms with Crippen LogP contribution in [0.25, 0.3) is 0 Å². The van der Waals surface area contributed by atoms with Gasteiger partial charge in [0.1, 0.15) is 0 Å². The van der Waals surface area contributed by atoms with Crippen LogP contribution in [0.2, 0.25) is 0 Å². The second-order valence-corrected chi connectivity index (χ2v) is 8.15. The van der Waals surface area contributed by atoms with E-state index in [1.165, 1.54) is 6.42 Å². The molecule has 3 nitrogen and oxygen atoms in total. The van der Waals surface area contributed by atoms with E-state index in [1.54, 1.807) is 6.92 Å². The molecule has 23 heavy (non-hydrogen) atoms. The third-order valence-electron chi connectivity index (χ3n) is 6.67. The van der Waals surface area contributed by atoms with E-state index < -0.39 is 0 Å². The van der Waals surface area contributed by atoms with Gasteiger partial charge in [0.25, 0.3) is 0 Å². The Hall–Kier alpha value is -1.13. The van der Waals surface area contributed by atoms with Crippen molar-refractivity contribution in [1.29, 1.82) is 0 Å². The number of rotatable bonds is 3. The Morgan fingerprint density at radius 3 is 2.78 bits per heavy atom. The Labute approximate surface area is 138 Å². The van der Waals surface area contributed by atoms with Crippen molar-refractivity contribution in [3.63, 3.8) is 0 Å². The van der Waals surface area contributed by atoms with Gasteiger partial charge in [-0.25, -0.2) is 0 Å². The van der Waals surface area contributed by atoms with Crippen molar-refractivity contribution < 1.29 is 14.1 Å². The highest BCUT2D eigenvalue weighted by Gasteiger charge is 2.61. The lowest BCUT2D eigenvalue weighted by Gasteiger charge is -2.60. The summed E-state index contributed by atoms with van der Waals surface area (Å²) in [5.41, 5.74) is 3.44. The van der Waals surface area contributed by atoms with Gasteiger partial charge < -0.3 is 9.31 Å². The molecule has 4 atom stereocenters. The molecule has 0 spiro atoms. The molecule has 0 N–H and O–H groups in total. The van der Waals surface area contributed by atoms with Gasteiger partial charge in [-0.05, 0) is 55.1 Å². The second kappa shape index (κ2) is 5.19. The van der Waals surface area contributed by atoms with Gasteiger partial charge in [-0.2, -0.15) is 0 Å². The van der Waals surface area contributed by atoms with Gasteiger partial charge >= 0.3 is 7.12 Å². The molecule has 3 aliphatic carbocycles. The zero-order valence-corrected chi connectivity index (χ0v) is 14.5. The quantitative estimate of drug-likeness (QED) is 0.632. The number of ketones is 1. The fourth-order valence-corrected chi connectivity index (χ4v) is 4.97. The molecule has 0 amide bonds. The topological polar surface area (TPSA) is 35.5 Å². The summed E-state index contributed by atoms with van der Waals surface area (Å²) in [5.74, 6) is 1.55. The fourth-order valence-electron chi connectivity index (χ4n) is 4.97. The number of hydrogen-bond acceptors (Lipinski definition) is 3. The number of Topliss-reactive ketones (excluding diaryl/α,β-unsaturated/α-hetero) is 1. The van der Waals surface area contributed by atoms with Crippen LogP contribution in [0.5, 0.6) is 0 Å². The van der Waals surface area contributed by atoms with Crippen molar-refractivity contribution in [2.24, 2.45) is 17.3 Å². The summed E-state index contributed by atoms with van der Waals surface area (Å²) in [7, 11) is -0.166. The first-order valence-electron chi connectivity index (χ1n) is 8.78. The van der Waals surface area contributed by atoms with Gasteiger partial charge in [0, 0.05) is 11.9 Å². The van der Waals surface area contributed by atoms with E-state index >= 15 is 0 Å². The van der Waals surface area contributed by atoms with Crippen molar-refractivity contribution in [3.8, 4) is 0 Å². The van der Waals surface area contributed by atoms with Gasteiger partial charge in [0.15, 0.2) is 5.78 Å². The van der Waals surface area contributed by atoms with Crippen molar-refractivity contribution >= 4 is 12.9 Å². The first-order chi connectivity index (χ1) is 10.9. The highest BCUT2D eigenvalue weighted by atomic mass is 16.7. The minimum Gasteiger partial charge on any atom is -0.405 e. The van der Waals surface area contributed by atoms with Crippen molar-refractivity contribution in [2.45, 2.75) is 59.1 Å². The first kappa shape index (κ1) is 15.4. The van der Waals surface area contributed by atoms with E-state index in [0.717, 1.165) is 35.3 Å². The van der Waals surface area contributed by atoms with Crippen LogP contribution in [0, 0.1) is 24.2 Å². The van der Waals surface area contributed by atoms with Crippen LogP contribution < -0.4 is 0 Å². The van der Waals surface area contributed by atoms with E-state index in [2.05, 4.69) is 19.9 Å². The Bertz CT molecular complexity index is 654. The summed E-state index contributed by atoms with van der Waals surface area (Å²) in [6.07, 6.45) is 3.70. The lowest BCUT2D eigenvalue weighted by molar-refractivity contribution is -0.150. The molecule has 5 rings (SSSR count). The number of carbonyl (C=O) groups excluding carboxylic acids is 1. The van der Waals surface area contributed by atoms with Crippen molar-refractivity contribution in [2.75, 3.05) is 0 Å². The number of benzene rings is 1. The van der Waals surface area contributed by atoms with Crippen molar-refractivity contribution in [1.82, 2.24) is 0 Å². The molecule has 4 fully saturated rings. The maximum atomic E-state index is 11.7. The lowest BCUT2D eigenvalue weighted by Crippen LogP contribution is -2.59. The second-order valence-electron chi connectivity index (χ2n) is 8.15. The van der Waals surface area contributed by atoms with Gasteiger partial charge in [0.2, 0.25) is 0 Å². The van der Waals surface area contributed by atoms with Crippen LogP contribution in [0.15, 0.2) is 18.2 Å². The maximum Gasteiger partial charge on any atom is 0.462 e. The summed E-state index contributed by atoms with van der Waals surface area (Å²) < 4.78 is 12.5. The molecule has 2 bridgehead atoms. The molecule has 3 saturated carbocycles. The normalized spacial score (nSPS) is 34.0. The fraction of sp³-hybridized carbons (Fsp3) is 0.632. The smallest absolute Gasteiger partial charge is 0.405 e. The summed E-state index contributed by atoms with van der Waals surface area (Å²) >= 11 is 0. The van der Waals surface area contributed by atoms with Crippen LogP contribution in [0.3, 0.4) is 0 Å². The number of hydrogen-bond donors (Lipinski definition) is 0. The van der Waals surface area contributed by atoms with Crippen LogP contribution in [0.4, 0.5) is 0 Å². The summed E-state index contributed by atoms with van der Waals surface area (Å²) in [6, 6.07) is 5.94. The Balaban J connectivity index is 1.50. The third kappa shape index (κ3) is 2.30. The van der Waals surface area contributed by atoms with Gasteiger partial charge in [-0.1, -0.05) is 32.0 Å². The summed E-state index contributed by atoms with van der Waals surface area (Å²) in [4.78, 5) is 11.7. The molecule has 122 valence electrons. The zero-order valence-electron chi connectivity index (χ0n) is 14.5. The van der Waals surface area contributed by atoms with Crippen LogP contribution >= 0.6 is 0 Å². The van der Waals surface area contributed by atoms with E-state index in [0.29, 0.717) is 11.3 Å². The Morgan fingerprint density at radius 2 is 2.09 bits per heavy atom. The predicted octanol–water partition coefficient (Wildman–Crippen LogP) is 3.62. The molecule has 0 radical (unpaired) electrons. The predicted molar refractivity (Wildman–Crippen MR) is 90.4 cm³/mol. The zero-order chi connectivity index (χ0) is 16.4. The van der Waals surface area contributed by atoms with Crippen LogP contribution in [0.1, 0.15) is 55.1 Å². The Morgan fingerprint density at radius 1 is 1.30 bits per heavy atom. The average molecular weight is 312 g/mol. The highest BCUT2D eigenvalue weighted by molar-refractivity contribution is 6.44. The maximum absolute atomic E-state index is 11.7. The third-order valence-corrected chi connectivity index (χ3v) is 6.67. The molecular weight excluding hydrogens is 287 g/mol. The molecule has 1 heterocycles. The standard InChI is InChI=1S/C19H25BO3/c1-11-13(6-5-7-15(11)12(2)21)10-20-22-17-9-14-8-16(18(17)23-20)19(14,3)4/h5-7,14,16-18H,8-10H2,1-4H3/t14-,16+,17?,18?/m0/s1. The SMILES string of the molecule is CC(=O)c1cccc(CB2OC3C[C@@H]4C[C@H](C3O2)C4(C)C)c1C. The van der Waals surface area contributed by atoms with E-state index in [1.807, 2.05) is 19.1 Å². The Kier molecular flexibility index (Phi) is 3.47. The molecule has 0 aromatic heterocycles. The minimum absolute atomic E-state index is 0.119. The molecule has 1 saturated heterocycles. The minimum atomic E-state index is -0.166. The number of carbonyl (C=O) groups is 1. The molecule has 1 aliphatic heterocycles. The van der Waals surface area contributed by atoms with Gasteiger partial charge in [0.05, 0.1) is 12.2 Å². The van der Waals surface area contributed by atoms with Gasteiger partial charge in [-0.3, -0.25) is 4.79 Å².